The average molecular weight is 584 g/mol. The predicted octanol–water partition coefficient (Wildman–Crippen LogP) is 5.70. The van der Waals surface area contributed by atoms with Crippen molar-refractivity contribution in [3.05, 3.63) is 55.5 Å². The Morgan fingerprint density at radius 2 is 0.879 bits per heavy atom. The highest BCUT2D eigenvalue weighted by atomic mass is 79.9. The van der Waals surface area contributed by atoms with Gasteiger partial charge in [-0.25, -0.2) is 0 Å². The third-order valence-electron chi connectivity index (χ3n) is 5.88. The highest BCUT2D eigenvalue weighted by Crippen LogP contribution is 2.36. The maximum atomic E-state index is 6.17. The summed E-state index contributed by atoms with van der Waals surface area (Å²) >= 11 is 7.53. The van der Waals surface area contributed by atoms with Crippen LogP contribution in [0.15, 0.2) is 33.2 Å². The number of fused-ring (bicyclic) bond motifs is 4. The van der Waals surface area contributed by atoms with Crippen molar-refractivity contribution in [2.45, 2.75) is 38.5 Å². The fourth-order valence-electron chi connectivity index (χ4n) is 4.32. The second-order valence-corrected chi connectivity index (χ2v) is 10.1. The number of benzene rings is 2. The van der Waals surface area contributed by atoms with Crippen LogP contribution in [0.1, 0.15) is 35.1 Å². The molecule has 5 nitrogen and oxygen atoms in total. The molecule has 33 heavy (non-hydrogen) atoms. The molecule has 180 valence electrons. The molecule has 0 spiro atoms. The maximum absolute atomic E-state index is 6.17. The van der Waals surface area contributed by atoms with E-state index in [1.165, 1.54) is 22.3 Å². The van der Waals surface area contributed by atoms with Crippen LogP contribution in [0.3, 0.4) is 0 Å². The van der Waals surface area contributed by atoms with Gasteiger partial charge in [0.05, 0.1) is 48.6 Å². The Bertz CT molecular complexity index is 847. The number of ether oxygens (including phenoxy) is 5. The van der Waals surface area contributed by atoms with Crippen LogP contribution in [-0.4, -0.2) is 52.9 Å². The Morgan fingerprint density at radius 3 is 1.33 bits per heavy atom. The lowest BCUT2D eigenvalue weighted by Crippen LogP contribution is -2.15. The fourth-order valence-corrected chi connectivity index (χ4v) is 5.65. The maximum Gasteiger partial charge on any atom is 0.136 e. The molecule has 0 N–H and O–H groups in total. The second kappa shape index (κ2) is 13.1. The Hall–Kier alpha value is -1.12. The molecule has 4 rings (SSSR count). The zero-order valence-electron chi connectivity index (χ0n) is 19.0. The Labute approximate surface area is 213 Å². The molecule has 2 aromatic carbocycles. The van der Waals surface area contributed by atoms with Crippen molar-refractivity contribution < 1.29 is 23.7 Å². The van der Waals surface area contributed by atoms with E-state index in [4.69, 9.17) is 23.7 Å². The van der Waals surface area contributed by atoms with Crippen molar-refractivity contribution in [2.24, 2.45) is 0 Å². The molecule has 1 aliphatic carbocycles. The number of hydrogen-bond donors (Lipinski definition) is 0. The zero-order chi connectivity index (χ0) is 22.9. The van der Waals surface area contributed by atoms with E-state index < -0.39 is 0 Å². The number of halogens is 2. The molecule has 0 radical (unpaired) electrons. The molecule has 2 aliphatic rings. The van der Waals surface area contributed by atoms with Gasteiger partial charge in [0.1, 0.15) is 24.7 Å². The Balaban J connectivity index is 1.58. The van der Waals surface area contributed by atoms with E-state index in [2.05, 4.69) is 56.1 Å². The summed E-state index contributed by atoms with van der Waals surface area (Å²) in [6, 6.07) is 9.05. The second-order valence-electron chi connectivity index (χ2n) is 8.37. The predicted molar refractivity (Wildman–Crippen MR) is 136 cm³/mol. The molecule has 7 heteroatoms. The van der Waals surface area contributed by atoms with Crippen molar-refractivity contribution in [1.82, 2.24) is 0 Å². The molecule has 0 aromatic heterocycles. The summed E-state index contributed by atoms with van der Waals surface area (Å²) in [6.07, 6.45) is 6.08. The van der Waals surface area contributed by atoms with E-state index in [1.54, 1.807) is 0 Å². The van der Waals surface area contributed by atoms with Crippen LogP contribution in [0.4, 0.5) is 0 Å². The van der Waals surface area contributed by atoms with Crippen molar-refractivity contribution >= 4 is 31.9 Å². The van der Waals surface area contributed by atoms with Gasteiger partial charge in [-0.1, -0.05) is 12.1 Å². The van der Waals surface area contributed by atoms with Crippen molar-refractivity contribution in [3.8, 4) is 11.5 Å². The van der Waals surface area contributed by atoms with Crippen LogP contribution in [0, 0.1) is 0 Å². The first-order chi connectivity index (χ1) is 16.2. The first kappa shape index (κ1) is 25.0. The molecule has 1 aliphatic heterocycles. The van der Waals surface area contributed by atoms with Gasteiger partial charge in [0, 0.05) is 0 Å². The minimum absolute atomic E-state index is 0.515. The van der Waals surface area contributed by atoms with E-state index in [0.29, 0.717) is 52.9 Å². The SMILES string of the molecule is Brc1cc2cc3c1OCCOCCOCCOCCOc1c(Br)cc(cc1CCC3)CCC2. The Morgan fingerprint density at radius 1 is 0.485 bits per heavy atom. The standard InChI is InChI=1S/C26H32Br2O5/c27-23-17-19-3-1-4-20-16-22-6-2-5-21(15-19)25(23)32-13-11-30-9-7-29-8-10-31-12-14-33-26(22)24(28)18-20/h15-18H,1-14H2. The highest BCUT2D eigenvalue weighted by Gasteiger charge is 2.16. The quantitative estimate of drug-likeness (QED) is 0.398. The number of aryl methyl sites for hydroxylation is 4. The number of rotatable bonds is 0. The van der Waals surface area contributed by atoms with E-state index in [1.807, 2.05) is 0 Å². The summed E-state index contributed by atoms with van der Waals surface area (Å²) in [5.74, 6) is 1.88. The van der Waals surface area contributed by atoms with Gasteiger partial charge in [0.25, 0.3) is 0 Å². The first-order valence-corrected chi connectivity index (χ1v) is 13.4. The molecule has 2 aromatic rings. The van der Waals surface area contributed by atoms with Crippen LogP contribution in [0.25, 0.3) is 0 Å². The molecule has 0 saturated carbocycles. The monoisotopic (exact) mass is 582 g/mol. The van der Waals surface area contributed by atoms with Gasteiger partial charge in [0.2, 0.25) is 0 Å². The van der Waals surface area contributed by atoms with E-state index >= 15 is 0 Å². The summed E-state index contributed by atoms with van der Waals surface area (Å²) in [5.41, 5.74) is 5.21. The van der Waals surface area contributed by atoms with Gasteiger partial charge in [-0.2, -0.15) is 0 Å². The van der Waals surface area contributed by atoms with Crippen molar-refractivity contribution in [3.63, 3.8) is 0 Å². The third-order valence-corrected chi connectivity index (χ3v) is 7.05. The smallest absolute Gasteiger partial charge is 0.136 e. The van der Waals surface area contributed by atoms with E-state index in [0.717, 1.165) is 59.0 Å². The van der Waals surface area contributed by atoms with Gasteiger partial charge < -0.3 is 23.7 Å². The van der Waals surface area contributed by atoms with E-state index in [-0.39, 0.29) is 0 Å². The average Bonchev–Trinajstić information content (AvgIpc) is 2.78. The summed E-state index contributed by atoms with van der Waals surface area (Å²) in [7, 11) is 0. The lowest BCUT2D eigenvalue weighted by molar-refractivity contribution is 0.00482. The minimum Gasteiger partial charge on any atom is -0.490 e. The van der Waals surface area contributed by atoms with Gasteiger partial charge >= 0.3 is 0 Å². The topological polar surface area (TPSA) is 46.2 Å². The van der Waals surface area contributed by atoms with Gasteiger partial charge in [-0.3, -0.25) is 0 Å². The van der Waals surface area contributed by atoms with E-state index in [9.17, 15) is 0 Å². The summed E-state index contributed by atoms with van der Waals surface area (Å²) in [4.78, 5) is 0. The molecule has 0 fully saturated rings. The fraction of sp³-hybridized carbons (Fsp3) is 0.538. The van der Waals surface area contributed by atoms with Crippen LogP contribution in [0.2, 0.25) is 0 Å². The van der Waals surface area contributed by atoms with Crippen LogP contribution >= 0.6 is 31.9 Å². The number of hydrogen-bond acceptors (Lipinski definition) is 5. The summed E-state index contributed by atoms with van der Waals surface area (Å²) in [6.45, 7) is 4.29. The molecular formula is C26H32Br2O5. The molecule has 1 heterocycles. The van der Waals surface area contributed by atoms with Crippen LogP contribution in [0.5, 0.6) is 11.5 Å². The van der Waals surface area contributed by atoms with Gasteiger partial charge in [-0.15, -0.1) is 0 Å². The first-order valence-electron chi connectivity index (χ1n) is 11.8. The lowest BCUT2D eigenvalue weighted by Gasteiger charge is -2.19. The molecule has 0 amide bonds. The molecule has 0 unspecified atom stereocenters. The Kier molecular flexibility index (Phi) is 9.92. The third kappa shape index (κ3) is 7.43. The molecule has 0 atom stereocenters. The molecular weight excluding hydrogens is 552 g/mol. The van der Waals surface area contributed by atoms with Crippen molar-refractivity contribution in [1.29, 1.82) is 0 Å². The van der Waals surface area contributed by atoms with Crippen LogP contribution in [-0.2, 0) is 39.9 Å². The lowest BCUT2D eigenvalue weighted by atomic mass is 9.95. The summed E-state index contributed by atoms with van der Waals surface area (Å²) < 4.78 is 31.3. The minimum atomic E-state index is 0.515. The largest absolute Gasteiger partial charge is 0.490 e. The van der Waals surface area contributed by atoms with Gasteiger partial charge in [0.15, 0.2) is 0 Å². The summed E-state index contributed by atoms with van der Waals surface area (Å²) in [5, 5.41) is 0. The molecule has 0 saturated heterocycles. The normalized spacial score (nSPS) is 18.8. The zero-order valence-corrected chi connectivity index (χ0v) is 22.2. The molecule has 4 bridgehead atoms. The van der Waals surface area contributed by atoms with Crippen molar-refractivity contribution in [2.75, 3.05) is 52.9 Å². The highest BCUT2D eigenvalue weighted by molar-refractivity contribution is 9.10. The van der Waals surface area contributed by atoms with Crippen LogP contribution < -0.4 is 9.47 Å². The van der Waals surface area contributed by atoms with Gasteiger partial charge in [-0.05, 0) is 105 Å².